The van der Waals surface area contributed by atoms with E-state index in [1.54, 1.807) is 6.07 Å². The Kier molecular flexibility index (Phi) is 4.11. The zero-order valence-electron chi connectivity index (χ0n) is 9.41. The molecule has 0 aliphatic heterocycles. The van der Waals surface area contributed by atoms with Gasteiger partial charge in [0.05, 0.1) is 6.54 Å². The van der Waals surface area contributed by atoms with Crippen molar-refractivity contribution < 1.29 is 4.42 Å². The molecule has 2 rings (SSSR count). The van der Waals surface area contributed by atoms with Gasteiger partial charge in [0.2, 0.25) is 0 Å². The lowest BCUT2D eigenvalue weighted by Crippen LogP contribution is -2.17. The maximum Gasteiger partial charge on any atom is 0.193 e. The highest BCUT2D eigenvalue weighted by Gasteiger charge is 2.09. The van der Waals surface area contributed by atoms with E-state index in [0.717, 1.165) is 16.3 Å². The molecule has 0 spiro atoms. The minimum atomic E-state index is 0.160. The number of halogens is 2. The second-order valence-electron chi connectivity index (χ2n) is 3.83. The first-order chi connectivity index (χ1) is 8.16. The quantitative estimate of drug-likeness (QED) is 0.888. The lowest BCUT2D eigenvalue weighted by Gasteiger charge is -2.14. The van der Waals surface area contributed by atoms with Crippen LogP contribution in [0, 0.1) is 0 Å². The molecule has 0 saturated heterocycles. The third-order valence-electron chi connectivity index (χ3n) is 2.58. The van der Waals surface area contributed by atoms with Gasteiger partial charge >= 0.3 is 0 Å². The zero-order valence-corrected chi connectivity index (χ0v) is 10.9. The Morgan fingerprint density at radius 1 is 1.18 bits per heavy atom. The van der Waals surface area contributed by atoms with Crippen LogP contribution in [0.3, 0.4) is 0 Å². The van der Waals surface area contributed by atoms with Gasteiger partial charge < -0.3 is 9.73 Å². The molecular formula is C13H13Cl2NO. The van der Waals surface area contributed by atoms with Crippen LogP contribution in [0.5, 0.6) is 0 Å². The summed E-state index contributed by atoms with van der Waals surface area (Å²) in [5.74, 6) is 0.814. The van der Waals surface area contributed by atoms with E-state index in [2.05, 4.69) is 12.2 Å². The average Bonchev–Trinajstić information content (AvgIpc) is 2.73. The number of rotatable bonds is 4. The van der Waals surface area contributed by atoms with Crippen molar-refractivity contribution in [1.29, 1.82) is 0 Å². The molecule has 0 radical (unpaired) electrons. The van der Waals surface area contributed by atoms with E-state index in [9.17, 15) is 0 Å². The van der Waals surface area contributed by atoms with E-state index in [1.807, 2.05) is 30.3 Å². The normalized spacial score (nSPS) is 12.6. The minimum Gasteiger partial charge on any atom is -0.448 e. The molecule has 90 valence electrons. The van der Waals surface area contributed by atoms with Crippen molar-refractivity contribution in [2.24, 2.45) is 0 Å². The number of hydrogen-bond donors (Lipinski definition) is 1. The number of benzene rings is 1. The first-order valence-electron chi connectivity index (χ1n) is 5.39. The molecule has 0 saturated carbocycles. The van der Waals surface area contributed by atoms with Crippen molar-refractivity contribution in [2.75, 3.05) is 0 Å². The van der Waals surface area contributed by atoms with Crippen molar-refractivity contribution >= 4 is 23.2 Å². The molecule has 2 aromatic rings. The number of nitrogens with one attached hydrogen (secondary N) is 1. The summed E-state index contributed by atoms with van der Waals surface area (Å²) in [6, 6.07) is 11.5. The van der Waals surface area contributed by atoms with Crippen LogP contribution >= 0.6 is 23.2 Å². The van der Waals surface area contributed by atoms with Gasteiger partial charge in [0.1, 0.15) is 5.76 Å². The van der Waals surface area contributed by atoms with Crippen molar-refractivity contribution in [2.45, 2.75) is 19.5 Å². The Morgan fingerprint density at radius 2 is 1.94 bits per heavy atom. The fourth-order valence-corrected chi connectivity index (χ4v) is 2.10. The van der Waals surface area contributed by atoms with Crippen molar-refractivity contribution in [3.63, 3.8) is 0 Å². The van der Waals surface area contributed by atoms with Gasteiger partial charge in [-0.05, 0) is 42.3 Å². The monoisotopic (exact) mass is 269 g/mol. The van der Waals surface area contributed by atoms with Gasteiger partial charge in [-0.15, -0.1) is 0 Å². The SMILES string of the molecule is C[C@H](NCc1ccc(Cl)o1)c1ccccc1Cl. The average molecular weight is 270 g/mol. The van der Waals surface area contributed by atoms with E-state index in [0.29, 0.717) is 11.8 Å². The van der Waals surface area contributed by atoms with Gasteiger partial charge in [-0.3, -0.25) is 0 Å². The summed E-state index contributed by atoms with van der Waals surface area (Å²) in [4.78, 5) is 0. The predicted molar refractivity (Wildman–Crippen MR) is 70.4 cm³/mol. The van der Waals surface area contributed by atoms with Crippen molar-refractivity contribution in [1.82, 2.24) is 5.32 Å². The smallest absolute Gasteiger partial charge is 0.193 e. The van der Waals surface area contributed by atoms with Crippen molar-refractivity contribution in [3.05, 3.63) is 58.0 Å². The Bertz CT molecular complexity index is 496. The molecular weight excluding hydrogens is 257 g/mol. The van der Waals surface area contributed by atoms with Crippen LogP contribution in [0.2, 0.25) is 10.2 Å². The highest BCUT2D eigenvalue weighted by Crippen LogP contribution is 2.22. The van der Waals surface area contributed by atoms with Crippen molar-refractivity contribution in [3.8, 4) is 0 Å². The molecule has 1 heterocycles. The summed E-state index contributed by atoms with van der Waals surface area (Å²) in [7, 11) is 0. The third-order valence-corrected chi connectivity index (χ3v) is 3.13. The number of furan rings is 1. The topological polar surface area (TPSA) is 25.2 Å². The fourth-order valence-electron chi connectivity index (χ4n) is 1.64. The minimum absolute atomic E-state index is 0.160. The van der Waals surface area contributed by atoms with Crippen LogP contribution in [0.1, 0.15) is 24.3 Å². The molecule has 1 atom stereocenters. The van der Waals surface area contributed by atoms with Gasteiger partial charge in [0, 0.05) is 11.1 Å². The van der Waals surface area contributed by atoms with Crippen LogP contribution in [-0.4, -0.2) is 0 Å². The van der Waals surface area contributed by atoms with Crippen LogP contribution in [0.25, 0.3) is 0 Å². The molecule has 0 bridgehead atoms. The summed E-state index contributed by atoms with van der Waals surface area (Å²) in [5.41, 5.74) is 1.08. The van der Waals surface area contributed by atoms with E-state index in [4.69, 9.17) is 27.6 Å². The lowest BCUT2D eigenvalue weighted by molar-refractivity contribution is 0.462. The Hall–Kier alpha value is -0.960. The second kappa shape index (κ2) is 5.58. The van der Waals surface area contributed by atoms with Crippen LogP contribution in [0.15, 0.2) is 40.8 Å². The van der Waals surface area contributed by atoms with Gasteiger partial charge in [-0.2, -0.15) is 0 Å². The zero-order chi connectivity index (χ0) is 12.3. The Balaban J connectivity index is 1.98. The summed E-state index contributed by atoms with van der Waals surface area (Å²) >= 11 is 11.8. The molecule has 0 unspecified atom stereocenters. The summed E-state index contributed by atoms with van der Waals surface area (Å²) in [6.07, 6.45) is 0. The van der Waals surface area contributed by atoms with Crippen LogP contribution in [-0.2, 0) is 6.54 Å². The van der Waals surface area contributed by atoms with Gasteiger partial charge in [-0.25, -0.2) is 0 Å². The molecule has 0 fully saturated rings. The first-order valence-corrected chi connectivity index (χ1v) is 6.14. The van der Waals surface area contributed by atoms with E-state index >= 15 is 0 Å². The lowest BCUT2D eigenvalue weighted by atomic mass is 10.1. The maximum absolute atomic E-state index is 6.12. The van der Waals surface area contributed by atoms with Gasteiger partial charge in [0.25, 0.3) is 0 Å². The van der Waals surface area contributed by atoms with E-state index < -0.39 is 0 Å². The molecule has 0 amide bonds. The standard InChI is InChI=1S/C13H13Cl2NO/c1-9(11-4-2-3-5-12(11)14)16-8-10-6-7-13(15)17-10/h2-7,9,16H,8H2,1H3/t9-/m0/s1. The van der Waals surface area contributed by atoms with Gasteiger partial charge in [0.15, 0.2) is 5.22 Å². The Morgan fingerprint density at radius 3 is 2.59 bits per heavy atom. The molecule has 17 heavy (non-hydrogen) atoms. The van der Waals surface area contributed by atoms with E-state index in [-0.39, 0.29) is 6.04 Å². The molecule has 2 nitrogen and oxygen atoms in total. The predicted octanol–water partition coefficient (Wildman–Crippen LogP) is 4.44. The molecule has 1 aromatic carbocycles. The maximum atomic E-state index is 6.12. The van der Waals surface area contributed by atoms with Crippen LogP contribution in [0.4, 0.5) is 0 Å². The summed E-state index contributed by atoms with van der Waals surface area (Å²) in [6.45, 7) is 2.69. The van der Waals surface area contributed by atoms with Crippen LogP contribution < -0.4 is 5.32 Å². The van der Waals surface area contributed by atoms with Gasteiger partial charge in [-0.1, -0.05) is 29.8 Å². The highest BCUT2D eigenvalue weighted by molar-refractivity contribution is 6.31. The Labute approximate surface area is 111 Å². The third kappa shape index (κ3) is 3.25. The molecule has 0 aliphatic carbocycles. The summed E-state index contributed by atoms with van der Waals surface area (Å²) < 4.78 is 5.27. The molecule has 1 aromatic heterocycles. The van der Waals surface area contributed by atoms with E-state index in [1.165, 1.54) is 0 Å². The number of hydrogen-bond acceptors (Lipinski definition) is 2. The molecule has 0 aliphatic rings. The molecule has 1 N–H and O–H groups in total. The summed E-state index contributed by atoms with van der Waals surface area (Å²) in [5, 5.41) is 4.51. The first kappa shape index (κ1) is 12.5. The fraction of sp³-hybridized carbons (Fsp3) is 0.231. The largest absolute Gasteiger partial charge is 0.448 e. The molecule has 4 heteroatoms. The second-order valence-corrected chi connectivity index (χ2v) is 4.61. The highest BCUT2D eigenvalue weighted by atomic mass is 35.5.